The van der Waals surface area contributed by atoms with E-state index in [1.165, 1.54) is 12.8 Å². The van der Waals surface area contributed by atoms with Crippen LogP contribution in [0, 0.1) is 0 Å². The Morgan fingerprint density at radius 2 is 2.27 bits per heavy atom. The molecule has 2 heterocycles. The second-order valence-corrected chi connectivity index (χ2v) is 3.25. The lowest BCUT2D eigenvalue weighted by atomic mass is 9.99. The van der Waals surface area contributed by atoms with Gasteiger partial charge in [-0.05, 0) is 19.3 Å². The van der Waals surface area contributed by atoms with Crippen LogP contribution in [0.4, 0.5) is 4.79 Å². The van der Waals surface area contributed by atoms with Gasteiger partial charge < -0.3 is 9.64 Å². The van der Waals surface area contributed by atoms with Gasteiger partial charge in [-0.3, -0.25) is 0 Å². The van der Waals surface area contributed by atoms with Gasteiger partial charge >= 0.3 is 6.09 Å². The summed E-state index contributed by atoms with van der Waals surface area (Å²) in [5.41, 5.74) is 0. The van der Waals surface area contributed by atoms with Gasteiger partial charge in [0.05, 0.1) is 6.61 Å². The Morgan fingerprint density at radius 3 is 3.09 bits per heavy atom. The van der Waals surface area contributed by atoms with Crippen molar-refractivity contribution in [3.8, 4) is 0 Å². The Morgan fingerprint density at radius 1 is 1.36 bits per heavy atom. The van der Waals surface area contributed by atoms with E-state index in [0.29, 0.717) is 12.6 Å². The first kappa shape index (κ1) is 6.95. The van der Waals surface area contributed by atoms with Crippen LogP contribution in [-0.4, -0.2) is 30.2 Å². The van der Waals surface area contributed by atoms with Crippen LogP contribution < -0.4 is 0 Å². The third-order valence-corrected chi connectivity index (χ3v) is 2.54. The quantitative estimate of drug-likeness (QED) is 0.529. The first-order valence-electron chi connectivity index (χ1n) is 4.31. The van der Waals surface area contributed by atoms with Crippen LogP contribution in [0.5, 0.6) is 0 Å². The predicted octanol–water partition coefficient (Wildman–Crippen LogP) is 1.38. The van der Waals surface area contributed by atoms with Gasteiger partial charge in [0, 0.05) is 19.0 Å². The van der Waals surface area contributed by atoms with Crippen molar-refractivity contribution in [1.29, 1.82) is 0 Å². The normalized spacial score (nSPS) is 31.1. The molecule has 0 spiro atoms. The molecular weight excluding hydrogens is 142 g/mol. The Kier molecular flexibility index (Phi) is 1.72. The van der Waals surface area contributed by atoms with E-state index < -0.39 is 0 Å². The number of fused-ring (bicyclic) bond motifs is 1. The minimum atomic E-state index is -0.0963. The molecule has 62 valence electrons. The molecule has 2 rings (SSSR count). The smallest absolute Gasteiger partial charge is 0.410 e. The molecule has 3 heteroatoms. The molecule has 0 radical (unpaired) electrons. The Balaban J connectivity index is 2.05. The van der Waals surface area contributed by atoms with Crippen LogP contribution in [0.15, 0.2) is 0 Å². The monoisotopic (exact) mass is 155 g/mol. The van der Waals surface area contributed by atoms with E-state index in [1.54, 1.807) is 0 Å². The van der Waals surface area contributed by atoms with Gasteiger partial charge in [-0.1, -0.05) is 0 Å². The van der Waals surface area contributed by atoms with Gasteiger partial charge in [0.2, 0.25) is 0 Å². The summed E-state index contributed by atoms with van der Waals surface area (Å²) >= 11 is 0. The van der Waals surface area contributed by atoms with Gasteiger partial charge in [0.25, 0.3) is 0 Å². The van der Waals surface area contributed by atoms with Gasteiger partial charge in [-0.25, -0.2) is 4.79 Å². The molecule has 2 aliphatic rings. The number of cyclic esters (lactones) is 1. The summed E-state index contributed by atoms with van der Waals surface area (Å²) < 4.78 is 4.93. The van der Waals surface area contributed by atoms with Crippen molar-refractivity contribution in [2.75, 3.05) is 13.2 Å². The lowest BCUT2D eigenvalue weighted by Crippen LogP contribution is -2.48. The van der Waals surface area contributed by atoms with E-state index in [1.807, 2.05) is 4.90 Å². The summed E-state index contributed by atoms with van der Waals surface area (Å²) in [5.74, 6) is 0. The zero-order valence-electron chi connectivity index (χ0n) is 6.58. The van der Waals surface area contributed by atoms with Crippen LogP contribution in [-0.2, 0) is 4.74 Å². The second kappa shape index (κ2) is 2.72. The van der Waals surface area contributed by atoms with Gasteiger partial charge in [-0.2, -0.15) is 0 Å². The Labute approximate surface area is 66.3 Å². The van der Waals surface area contributed by atoms with E-state index >= 15 is 0 Å². The molecule has 1 amide bonds. The molecular formula is C8H13NO2. The SMILES string of the molecule is O=C1OCCC2CCCCN12. The molecule has 11 heavy (non-hydrogen) atoms. The lowest BCUT2D eigenvalue weighted by molar-refractivity contribution is 0.0301. The number of ether oxygens (including phenoxy) is 1. The zero-order chi connectivity index (χ0) is 7.68. The first-order valence-corrected chi connectivity index (χ1v) is 4.31. The maximum Gasteiger partial charge on any atom is 0.410 e. The second-order valence-electron chi connectivity index (χ2n) is 3.25. The van der Waals surface area contributed by atoms with Gasteiger partial charge in [-0.15, -0.1) is 0 Å². The number of amides is 1. The molecule has 0 aromatic heterocycles. The molecule has 1 unspecified atom stereocenters. The number of rotatable bonds is 0. The molecule has 0 aromatic carbocycles. The molecule has 0 N–H and O–H groups in total. The van der Waals surface area contributed by atoms with Crippen molar-refractivity contribution in [3.63, 3.8) is 0 Å². The molecule has 0 saturated carbocycles. The fourth-order valence-electron chi connectivity index (χ4n) is 1.91. The van der Waals surface area contributed by atoms with Crippen LogP contribution in [0.1, 0.15) is 25.7 Å². The van der Waals surface area contributed by atoms with Crippen molar-refractivity contribution in [3.05, 3.63) is 0 Å². The summed E-state index contributed by atoms with van der Waals surface area (Å²) in [6, 6.07) is 0.491. The highest BCUT2D eigenvalue weighted by atomic mass is 16.6. The van der Waals surface area contributed by atoms with Crippen LogP contribution in [0.25, 0.3) is 0 Å². The third kappa shape index (κ3) is 1.19. The summed E-state index contributed by atoms with van der Waals surface area (Å²) in [4.78, 5) is 13.0. The van der Waals surface area contributed by atoms with E-state index in [-0.39, 0.29) is 6.09 Å². The highest BCUT2D eigenvalue weighted by Gasteiger charge is 2.30. The minimum absolute atomic E-state index is 0.0963. The standard InChI is InChI=1S/C8H13NO2/c10-8-9-5-2-1-3-7(9)4-6-11-8/h7H,1-6H2. The van der Waals surface area contributed by atoms with Crippen molar-refractivity contribution in [1.82, 2.24) is 4.90 Å². The topological polar surface area (TPSA) is 29.5 Å². The van der Waals surface area contributed by atoms with E-state index in [2.05, 4.69) is 0 Å². The third-order valence-electron chi connectivity index (χ3n) is 2.54. The average Bonchev–Trinajstić information content (AvgIpc) is 2.06. The summed E-state index contributed by atoms with van der Waals surface area (Å²) in [5, 5.41) is 0. The van der Waals surface area contributed by atoms with E-state index in [9.17, 15) is 4.79 Å². The molecule has 3 nitrogen and oxygen atoms in total. The van der Waals surface area contributed by atoms with Crippen molar-refractivity contribution in [2.45, 2.75) is 31.7 Å². The highest BCUT2D eigenvalue weighted by Crippen LogP contribution is 2.23. The Bertz CT molecular complexity index is 167. The largest absolute Gasteiger partial charge is 0.449 e. The fraction of sp³-hybridized carbons (Fsp3) is 0.875. The molecule has 2 aliphatic heterocycles. The summed E-state index contributed by atoms with van der Waals surface area (Å²) in [7, 11) is 0. The Hall–Kier alpha value is -0.730. The summed E-state index contributed by atoms with van der Waals surface area (Å²) in [6.07, 6.45) is 4.53. The molecule has 0 bridgehead atoms. The predicted molar refractivity (Wildman–Crippen MR) is 40.3 cm³/mol. The van der Waals surface area contributed by atoms with Crippen molar-refractivity contribution in [2.24, 2.45) is 0 Å². The fourth-order valence-corrected chi connectivity index (χ4v) is 1.91. The number of hydrogen-bond donors (Lipinski definition) is 0. The van der Waals surface area contributed by atoms with Crippen LogP contribution >= 0.6 is 0 Å². The number of nitrogens with zero attached hydrogens (tertiary/aromatic N) is 1. The molecule has 1 atom stereocenters. The zero-order valence-corrected chi connectivity index (χ0v) is 6.58. The van der Waals surface area contributed by atoms with Crippen molar-refractivity contribution >= 4 is 6.09 Å². The molecule has 2 saturated heterocycles. The maximum atomic E-state index is 11.1. The highest BCUT2D eigenvalue weighted by molar-refractivity contribution is 5.68. The number of carbonyl (C=O) groups excluding carboxylic acids is 1. The van der Waals surface area contributed by atoms with E-state index in [0.717, 1.165) is 19.4 Å². The maximum absolute atomic E-state index is 11.1. The first-order chi connectivity index (χ1) is 5.38. The lowest BCUT2D eigenvalue weighted by Gasteiger charge is -2.38. The minimum Gasteiger partial charge on any atom is -0.449 e. The number of carbonyl (C=O) groups is 1. The number of hydrogen-bond acceptors (Lipinski definition) is 2. The number of piperidine rings is 1. The average molecular weight is 155 g/mol. The van der Waals surface area contributed by atoms with Gasteiger partial charge in [0.1, 0.15) is 0 Å². The van der Waals surface area contributed by atoms with Crippen molar-refractivity contribution < 1.29 is 9.53 Å². The van der Waals surface area contributed by atoms with Crippen LogP contribution in [0.2, 0.25) is 0 Å². The summed E-state index contributed by atoms with van der Waals surface area (Å²) in [6.45, 7) is 1.53. The molecule has 2 fully saturated rings. The van der Waals surface area contributed by atoms with E-state index in [4.69, 9.17) is 4.74 Å². The van der Waals surface area contributed by atoms with Crippen LogP contribution in [0.3, 0.4) is 0 Å². The molecule has 0 aliphatic carbocycles. The molecule has 0 aromatic rings. The van der Waals surface area contributed by atoms with Gasteiger partial charge in [0.15, 0.2) is 0 Å².